The van der Waals surface area contributed by atoms with Crippen molar-refractivity contribution in [2.45, 2.75) is 25.3 Å². The maximum absolute atomic E-state index is 10.6. The summed E-state index contributed by atoms with van der Waals surface area (Å²) < 4.78 is 0. The van der Waals surface area contributed by atoms with E-state index in [9.17, 15) is 4.79 Å². The molecule has 0 aromatic carbocycles. The number of nitrogens with two attached hydrogens (primary N) is 1. The van der Waals surface area contributed by atoms with Crippen molar-refractivity contribution in [3.8, 4) is 0 Å². The predicted molar refractivity (Wildman–Crippen MR) is 69.7 cm³/mol. The highest BCUT2D eigenvalue weighted by molar-refractivity contribution is 5.66. The van der Waals surface area contributed by atoms with Gasteiger partial charge in [0, 0.05) is 25.3 Å². The Hall–Kier alpha value is -1.98. The van der Waals surface area contributed by atoms with Gasteiger partial charge in [-0.3, -0.25) is 4.98 Å². The second-order valence-corrected chi connectivity index (χ2v) is 4.50. The summed E-state index contributed by atoms with van der Waals surface area (Å²) in [5, 5.41) is 11.3. The molecule has 0 spiro atoms. The Morgan fingerprint density at radius 3 is 3.06 bits per heavy atom. The fourth-order valence-corrected chi connectivity index (χ4v) is 2.34. The highest BCUT2D eigenvalue weighted by atomic mass is 16.4. The fourth-order valence-electron chi connectivity index (χ4n) is 2.34. The van der Waals surface area contributed by atoms with Gasteiger partial charge in [-0.05, 0) is 25.3 Å². The normalized spacial score (nSPS) is 20.2. The lowest BCUT2D eigenvalue weighted by atomic mass is 10.1. The minimum atomic E-state index is -0.947. The molecule has 2 heterocycles. The topological polar surface area (TPSA) is 91.5 Å². The fraction of sp³-hybridized carbons (Fsp3) is 0.500. The average Bonchev–Trinajstić information content (AvgIpc) is 2.55. The lowest BCUT2D eigenvalue weighted by Crippen LogP contribution is -2.34. The van der Waals surface area contributed by atoms with Crippen molar-refractivity contribution in [1.29, 1.82) is 0 Å². The molecule has 0 saturated carbocycles. The van der Waals surface area contributed by atoms with Gasteiger partial charge in [-0.25, -0.2) is 4.79 Å². The summed E-state index contributed by atoms with van der Waals surface area (Å²) in [5.74, 6) is 0. The molecule has 1 aliphatic heterocycles. The van der Waals surface area contributed by atoms with E-state index in [4.69, 9.17) is 10.8 Å². The van der Waals surface area contributed by atoms with Crippen molar-refractivity contribution in [3.63, 3.8) is 0 Å². The van der Waals surface area contributed by atoms with Crippen molar-refractivity contribution in [3.05, 3.63) is 18.5 Å². The van der Waals surface area contributed by atoms with Crippen molar-refractivity contribution in [1.82, 2.24) is 10.3 Å². The molecule has 1 aromatic rings. The Balaban J connectivity index is 2.01. The first kappa shape index (κ1) is 12.5. The third-order valence-electron chi connectivity index (χ3n) is 3.22. The van der Waals surface area contributed by atoms with E-state index < -0.39 is 6.09 Å². The van der Waals surface area contributed by atoms with Gasteiger partial charge in [-0.1, -0.05) is 0 Å². The summed E-state index contributed by atoms with van der Waals surface area (Å²) in [6, 6.07) is 1.94. The Labute approximate surface area is 106 Å². The second kappa shape index (κ2) is 5.57. The summed E-state index contributed by atoms with van der Waals surface area (Å²) >= 11 is 0. The van der Waals surface area contributed by atoms with Crippen molar-refractivity contribution in [2.75, 3.05) is 23.7 Å². The van der Waals surface area contributed by atoms with Gasteiger partial charge in [0.05, 0.1) is 17.6 Å². The van der Waals surface area contributed by atoms with Gasteiger partial charge in [0.15, 0.2) is 0 Å². The number of nitrogen functional groups attached to an aromatic ring is 1. The maximum atomic E-state index is 10.6. The monoisotopic (exact) mass is 250 g/mol. The van der Waals surface area contributed by atoms with Crippen LogP contribution in [-0.4, -0.2) is 35.3 Å². The van der Waals surface area contributed by atoms with Crippen LogP contribution in [0.25, 0.3) is 0 Å². The van der Waals surface area contributed by atoms with Crippen LogP contribution < -0.4 is 16.0 Å². The van der Waals surface area contributed by atoms with Crippen LogP contribution >= 0.6 is 0 Å². The van der Waals surface area contributed by atoms with Gasteiger partial charge in [0.2, 0.25) is 0 Å². The molecule has 1 unspecified atom stereocenters. The summed E-state index contributed by atoms with van der Waals surface area (Å²) in [7, 11) is 0. The van der Waals surface area contributed by atoms with E-state index in [1.807, 2.05) is 6.07 Å². The number of hydrogen-bond donors (Lipinski definition) is 3. The molecule has 6 nitrogen and oxygen atoms in total. The number of nitrogens with one attached hydrogen (secondary N) is 1. The molecule has 1 atom stereocenters. The molecule has 1 aliphatic rings. The molecule has 0 radical (unpaired) electrons. The number of carboxylic acid groups (broad SMARTS) is 1. The molecule has 1 amide bonds. The molecule has 6 heteroatoms. The van der Waals surface area contributed by atoms with Gasteiger partial charge in [0.25, 0.3) is 0 Å². The van der Waals surface area contributed by atoms with Gasteiger partial charge in [0.1, 0.15) is 0 Å². The molecule has 1 fully saturated rings. The molecular weight excluding hydrogens is 232 g/mol. The number of anilines is 2. The van der Waals surface area contributed by atoms with Gasteiger partial charge in [-0.2, -0.15) is 0 Å². The highest BCUT2D eigenvalue weighted by Crippen LogP contribution is 2.24. The van der Waals surface area contributed by atoms with Crippen molar-refractivity contribution in [2.24, 2.45) is 0 Å². The average molecular weight is 250 g/mol. The van der Waals surface area contributed by atoms with Gasteiger partial charge >= 0.3 is 6.09 Å². The van der Waals surface area contributed by atoms with E-state index in [0.29, 0.717) is 5.69 Å². The molecule has 1 saturated heterocycles. The first-order valence-electron chi connectivity index (χ1n) is 6.10. The molecular formula is C12H18N4O2. The lowest BCUT2D eigenvalue weighted by Gasteiger charge is -2.24. The standard InChI is InChI=1S/C12H18N4O2/c13-10-8-14-5-3-11(10)16-6-1-2-9(4-7-16)15-12(17)18/h3,5,8-9,15H,1-2,4,6-7,13H2,(H,17,18). The van der Waals surface area contributed by atoms with Crippen LogP contribution in [0.5, 0.6) is 0 Å². The number of carbonyl (C=O) groups is 1. The zero-order valence-corrected chi connectivity index (χ0v) is 10.2. The first-order valence-corrected chi connectivity index (χ1v) is 6.10. The SMILES string of the molecule is Nc1cnccc1N1CCCC(NC(=O)O)CC1. The summed E-state index contributed by atoms with van der Waals surface area (Å²) in [6.07, 6.45) is 5.04. The summed E-state index contributed by atoms with van der Waals surface area (Å²) in [4.78, 5) is 16.8. The molecule has 18 heavy (non-hydrogen) atoms. The molecule has 98 valence electrons. The minimum Gasteiger partial charge on any atom is -0.465 e. The van der Waals surface area contributed by atoms with Crippen molar-refractivity contribution < 1.29 is 9.90 Å². The quantitative estimate of drug-likeness (QED) is 0.735. The van der Waals surface area contributed by atoms with Crippen LogP contribution in [-0.2, 0) is 0 Å². The van der Waals surface area contributed by atoms with Crippen LogP contribution in [0, 0.1) is 0 Å². The Kier molecular flexibility index (Phi) is 3.86. The molecule has 2 rings (SSSR count). The zero-order chi connectivity index (χ0) is 13.0. The Morgan fingerprint density at radius 2 is 2.33 bits per heavy atom. The first-order chi connectivity index (χ1) is 8.66. The molecule has 0 aliphatic carbocycles. The van der Waals surface area contributed by atoms with Crippen LogP contribution in [0.15, 0.2) is 18.5 Å². The number of aromatic nitrogens is 1. The van der Waals surface area contributed by atoms with Crippen LogP contribution in [0.4, 0.5) is 16.2 Å². The largest absolute Gasteiger partial charge is 0.465 e. The van der Waals surface area contributed by atoms with Crippen LogP contribution in [0.1, 0.15) is 19.3 Å². The summed E-state index contributed by atoms with van der Waals surface area (Å²) in [6.45, 7) is 1.70. The van der Waals surface area contributed by atoms with Crippen LogP contribution in [0.2, 0.25) is 0 Å². The van der Waals surface area contributed by atoms with Crippen molar-refractivity contribution >= 4 is 17.5 Å². The molecule has 1 aromatic heterocycles. The van der Waals surface area contributed by atoms with E-state index in [1.165, 1.54) is 0 Å². The molecule has 0 bridgehead atoms. The van der Waals surface area contributed by atoms with Crippen LogP contribution in [0.3, 0.4) is 0 Å². The summed E-state index contributed by atoms with van der Waals surface area (Å²) in [5.41, 5.74) is 7.56. The number of rotatable bonds is 2. The highest BCUT2D eigenvalue weighted by Gasteiger charge is 2.19. The third-order valence-corrected chi connectivity index (χ3v) is 3.22. The van der Waals surface area contributed by atoms with E-state index in [2.05, 4.69) is 15.2 Å². The van der Waals surface area contributed by atoms with Gasteiger partial charge < -0.3 is 21.1 Å². The predicted octanol–water partition coefficient (Wildman–Crippen LogP) is 1.29. The number of hydrogen-bond acceptors (Lipinski definition) is 4. The minimum absolute atomic E-state index is 0.0376. The maximum Gasteiger partial charge on any atom is 0.404 e. The number of nitrogens with zero attached hydrogens (tertiary/aromatic N) is 2. The van der Waals surface area contributed by atoms with E-state index in [0.717, 1.165) is 38.0 Å². The van der Waals surface area contributed by atoms with E-state index >= 15 is 0 Å². The smallest absolute Gasteiger partial charge is 0.404 e. The third kappa shape index (κ3) is 3.03. The Bertz CT molecular complexity index is 424. The molecule has 4 N–H and O–H groups in total. The van der Waals surface area contributed by atoms with Gasteiger partial charge in [-0.15, -0.1) is 0 Å². The number of pyridine rings is 1. The lowest BCUT2D eigenvalue weighted by molar-refractivity contribution is 0.188. The van der Waals surface area contributed by atoms with E-state index in [1.54, 1.807) is 12.4 Å². The zero-order valence-electron chi connectivity index (χ0n) is 10.2. The Morgan fingerprint density at radius 1 is 1.50 bits per heavy atom. The van der Waals surface area contributed by atoms with E-state index in [-0.39, 0.29) is 6.04 Å². The number of amides is 1. The second-order valence-electron chi connectivity index (χ2n) is 4.50.